The fraction of sp³-hybridized carbons (Fsp3) is 0.450. The number of rotatable bonds is 3. The second-order valence-electron chi connectivity index (χ2n) is 7.81. The van der Waals surface area contributed by atoms with Gasteiger partial charge in [0.25, 0.3) is 0 Å². The minimum absolute atomic E-state index is 0.388. The third-order valence-electron chi connectivity index (χ3n) is 5.80. The highest BCUT2D eigenvalue weighted by Gasteiger charge is 2.40. The Morgan fingerprint density at radius 1 is 1.14 bits per heavy atom. The Labute approximate surface area is 163 Å². The van der Waals surface area contributed by atoms with Gasteiger partial charge in [0.15, 0.2) is 5.82 Å². The Balaban J connectivity index is 1.55. The Hall–Kier alpha value is -2.71. The number of morpholine rings is 1. The summed E-state index contributed by atoms with van der Waals surface area (Å²) < 4.78 is 5.76. The number of hydrogen-bond donors (Lipinski definition) is 2. The molecular weight excluding hydrogens is 358 g/mol. The van der Waals surface area contributed by atoms with Crippen LogP contribution in [0.1, 0.15) is 24.1 Å². The van der Waals surface area contributed by atoms with Crippen LogP contribution in [-0.4, -0.2) is 58.4 Å². The summed E-state index contributed by atoms with van der Waals surface area (Å²) in [5.74, 6) is 1.74. The van der Waals surface area contributed by atoms with Crippen LogP contribution in [0.15, 0.2) is 24.3 Å². The summed E-state index contributed by atoms with van der Waals surface area (Å²) in [5.41, 5.74) is 3.73. The lowest BCUT2D eigenvalue weighted by molar-refractivity contribution is 0.0901. The number of nitrogens with zero attached hydrogens (tertiary/aromatic N) is 4. The van der Waals surface area contributed by atoms with Crippen molar-refractivity contribution in [3.05, 3.63) is 35.5 Å². The third kappa shape index (κ3) is 2.98. The number of carbonyl (C=O) groups is 1. The number of nitrogens with one attached hydrogen (secondary N) is 1. The number of amides is 1. The van der Waals surface area contributed by atoms with E-state index >= 15 is 0 Å². The number of carboxylic acid groups (broad SMARTS) is 1. The van der Waals surface area contributed by atoms with Crippen LogP contribution in [0.4, 0.5) is 16.3 Å². The van der Waals surface area contributed by atoms with Crippen molar-refractivity contribution >= 4 is 17.6 Å². The maximum absolute atomic E-state index is 10.8. The van der Waals surface area contributed by atoms with E-state index in [4.69, 9.17) is 19.8 Å². The zero-order valence-electron chi connectivity index (χ0n) is 15.8. The highest BCUT2D eigenvalue weighted by molar-refractivity contribution is 5.83. The quantitative estimate of drug-likeness (QED) is 0.844. The molecule has 8 heteroatoms. The number of hydrogen-bond acceptors (Lipinski definition) is 6. The molecule has 2 bridgehead atoms. The Morgan fingerprint density at radius 2 is 1.86 bits per heavy atom. The van der Waals surface area contributed by atoms with E-state index in [0.717, 1.165) is 56.2 Å². The van der Waals surface area contributed by atoms with Crippen LogP contribution < -0.4 is 10.2 Å². The van der Waals surface area contributed by atoms with E-state index in [-0.39, 0.29) is 0 Å². The van der Waals surface area contributed by atoms with E-state index in [1.165, 1.54) is 5.56 Å². The fourth-order valence-corrected chi connectivity index (χ4v) is 4.53. The SMILES string of the molecule is CN1Cc2nc(-c3ccc(NC(=O)O)cc3)nc(N3C4CCC3COC4)c2C1. The lowest BCUT2D eigenvalue weighted by atomic mass is 10.1. The summed E-state index contributed by atoms with van der Waals surface area (Å²) in [5, 5.41) is 11.2. The van der Waals surface area contributed by atoms with Crippen molar-refractivity contribution in [2.24, 2.45) is 0 Å². The lowest BCUT2D eigenvalue weighted by Crippen LogP contribution is -2.47. The van der Waals surface area contributed by atoms with Gasteiger partial charge >= 0.3 is 6.09 Å². The largest absolute Gasteiger partial charge is 0.465 e. The van der Waals surface area contributed by atoms with Crippen molar-refractivity contribution in [1.82, 2.24) is 14.9 Å². The minimum atomic E-state index is -1.07. The van der Waals surface area contributed by atoms with E-state index in [1.54, 1.807) is 12.1 Å². The number of anilines is 2. The molecule has 1 amide bonds. The molecular formula is C20H23N5O3. The summed E-state index contributed by atoms with van der Waals surface area (Å²) in [7, 11) is 2.10. The summed E-state index contributed by atoms with van der Waals surface area (Å²) in [6.07, 6.45) is 1.21. The summed E-state index contributed by atoms with van der Waals surface area (Å²) in [6, 6.07) is 7.98. The Morgan fingerprint density at radius 3 is 2.54 bits per heavy atom. The van der Waals surface area contributed by atoms with Gasteiger partial charge in [-0.25, -0.2) is 14.8 Å². The average molecular weight is 381 g/mol. The number of fused-ring (bicyclic) bond motifs is 3. The molecule has 2 fully saturated rings. The molecule has 4 heterocycles. The number of benzene rings is 1. The second kappa shape index (κ2) is 6.72. The van der Waals surface area contributed by atoms with Crippen LogP contribution in [0.2, 0.25) is 0 Å². The van der Waals surface area contributed by atoms with Gasteiger partial charge in [-0.2, -0.15) is 0 Å². The number of ether oxygens (including phenoxy) is 1. The molecule has 0 radical (unpaired) electrons. The van der Waals surface area contributed by atoms with Crippen molar-refractivity contribution in [2.75, 3.05) is 30.5 Å². The molecule has 3 aliphatic rings. The van der Waals surface area contributed by atoms with Crippen molar-refractivity contribution in [3.8, 4) is 11.4 Å². The lowest BCUT2D eigenvalue weighted by Gasteiger charge is -2.36. The maximum atomic E-state index is 10.8. The topological polar surface area (TPSA) is 90.8 Å². The highest BCUT2D eigenvalue weighted by atomic mass is 16.5. The van der Waals surface area contributed by atoms with Crippen molar-refractivity contribution in [3.63, 3.8) is 0 Å². The van der Waals surface area contributed by atoms with E-state index in [9.17, 15) is 4.79 Å². The predicted octanol–water partition coefficient (Wildman–Crippen LogP) is 2.55. The maximum Gasteiger partial charge on any atom is 0.409 e. The molecule has 1 aromatic heterocycles. The van der Waals surface area contributed by atoms with Crippen molar-refractivity contribution < 1.29 is 14.6 Å². The summed E-state index contributed by atoms with van der Waals surface area (Å²) in [4.78, 5) is 25.4. The second-order valence-corrected chi connectivity index (χ2v) is 7.81. The molecule has 146 valence electrons. The van der Waals surface area contributed by atoms with Gasteiger partial charge in [0, 0.05) is 29.9 Å². The van der Waals surface area contributed by atoms with E-state index in [0.29, 0.717) is 23.6 Å². The third-order valence-corrected chi connectivity index (χ3v) is 5.80. The molecule has 0 spiro atoms. The van der Waals surface area contributed by atoms with Gasteiger partial charge in [0.1, 0.15) is 5.82 Å². The van der Waals surface area contributed by atoms with Crippen LogP contribution in [0.5, 0.6) is 0 Å². The van der Waals surface area contributed by atoms with E-state index < -0.39 is 6.09 Å². The average Bonchev–Trinajstić information content (AvgIpc) is 3.16. The summed E-state index contributed by atoms with van der Waals surface area (Å²) >= 11 is 0. The van der Waals surface area contributed by atoms with Gasteiger partial charge in [-0.15, -0.1) is 0 Å². The normalized spacial score (nSPS) is 23.7. The molecule has 5 rings (SSSR count). The first-order valence-corrected chi connectivity index (χ1v) is 9.63. The monoisotopic (exact) mass is 381 g/mol. The molecule has 1 aromatic carbocycles. The predicted molar refractivity (Wildman–Crippen MR) is 104 cm³/mol. The first-order chi connectivity index (χ1) is 13.6. The first-order valence-electron chi connectivity index (χ1n) is 9.63. The van der Waals surface area contributed by atoms with E-state index in [1.807, 2.05) is 12.1 Å². The van der Waals surface area contributed by atoms with Gasteiger partial charge in [0.2, 0.25) is 0 Å². The first kappa shape index (κ1) is 17.4. The van der Waals surface area contributed by atoms with E-state index in [2.05, 4.69) is 22.2 Å². The molecule has 2 atom stereocenters. The minimum Gasteiger partial charge on any atom is -0.465 e. The molecule has 2 unspecified atom stereocenters. The zero-order chi connectivity index (χ0) is 19.3. The smallest absolute Gasteiger partial charge is 0.409 e. The zero-order valence-corrected chi connectivity index (χ0v) is 15.8. The molecule has 2 N–H and O–H groups in total. The van der Waals surface area contributed by atoms with Crippen LogP contribution >= 0.6 is 0 Å². The Kier molecular flexibility index (Phi) is 4.17. The van der Waals surface area contributed by atoms with Crippen molar-refractivity contribution in [1.29, 1.82) is 0 Å². The molecule has 0 aliphatic carbocycles. The van der Waals surface area contributed by atoms with Crippen LogP contribution in [-0.2, 0) is 17.8 Å². The van der Waals surface area contributed by atoms with Gasteiger partial charge in [0.05, 0.1) is 31.0 Å². The molecule has 0 saturated carbocycles. The van der Waals surface area contributed by atoms with Crippen LogP contribution in [0.25, 0.3) is 11.4 Å². The van der Waals surface area contributed by atoms with Gasteiger partial charge < -0.3 is 14.7 Å². The van der Waals surface area contributed by atoms with Gasteiger partial charge in [-0.1, -0.05) is 0 Å². The molecule has 2 aromatic rings. The summed E-state index contributed by atoms with van der Waals surface area (Å²) in [6.45, 7) is 3.20. The Bertz CT molecular complexity index is 901. The number of aromatic nitrogens is 2. The molecule has 2 saturated heterocycles. The van der Waals surface area contributed by atoms with Crippen molar-refractivity contribution in [2.45, 2.75) is 38.0 Å². The molecule has 28 heavy (non-hydrogen) atoms. The molecule has 3 aliphatic heterocycles. The highest BCUT2D eigenvalue weighted by Crippen LogP contribution is 2.38. The van der Waals surface area contributed by atoms with Gasteiger partial charge in [-0.05, 0) is 44.2 Å². The van der Waals surface area contributed by atoms with Crippen LogP contribution in [0.3, 0.4) is 0 Å². The fourth-order valence-electron chi connectivity index (χ4n) is 4.53. The van der Waals surface area contributed by atoms with Crippen LogP contribution in [0, 0.1) is 0 Å². The standard InChI is InChI=1S/C20H23N5O3/c1-24-8-16-17(9-24)22-18(12-2-4-13(5-3-12)21-20(26)27)23-19(16)25-14-6-7-15(25)11-28-10-14/h2-5,14-15,21H,6-11H2,1H3,(H,26,27). The molecule has 8 nitrogen and oxygen atoms in total. The van der Waals surface area contributed by atoms with Gasteiger partial charge in [-0.3, -0.25) is 10.2 Å².